The van der Waals surface area contributed by atoms with Gasteiger partial charge in [-0.25, -0.2) is 0 Å². The van der Waals surface area contributed by atoms with E-state index >= 15 is 0 Å². The largest absolute Gasteiger partial charge is 0.495 e. The van der Waals surface area contributed by atoms with E-state index in [-0.39, 0.29) is 0 Å². The molecule has 18 heavy (non-hydrogen) atoms. The van der Waals surface area contributed by atoms with Gasteiger partial charge in [-0.3, -0.25) is 0 Å². The number of nitrogens with zero attached hydrogens (tertiary/aromatic N) is 1. The molecular weight excluding hydrogens is 248 g/mol. The molecule has 4 heteroatoms. The zero-order valence-electron chi connectivity index (χ0n) is 11.1. The fraction of sp³-hybridized carbons (Fsp3) is 0.571. The molecule has 0 aromatic heterocycles. The van der Waals surface area contributed by atoms with Crippen molar-refractivity contribution in [2.45, 2.75) is 25.8 Å². The highest BCUT2D eigenvalue weighted by atomic mass is 35.5. The van der Waals surface area contributed by atoms with Gasteiger partial charge in [0.1, 0.15) is 5.75 Å². The summed E-state index contributed by atoms with van der Waals surface area (Å²) in [5, 5.41) is 4.20. The molecule has 1 fully saturated rings. The Morgan fingerprint density at radius 2 is 2.22 bits per heavy atom. The second kappa shape index (κ2) is 6.30. The number of nitrogens with one attached hydrogen (secondary N) is 1. The second-order valence-electron chi connectivity index (χ2n) is 4.80. The number of hydrogen-bond acceptors (Lipinski definition) is 3. The van der Waals surface area contributed by atoms with Crippen molar-refractivity contribution in [3.8, 4) is 5.75 Å². The first-order valence-electron chi connectivity index (χ1n) is 6.52. The Hall–Kier alpha value is -0.930. The molecule has 1 aliphatic heterocycles. The van der Waals surface area contributed by atoms with Crippen molar-refractivity contribution in [1.29, 1.82) is 0 Å². The maximum absolute atomic E-state index is 6.19. The Labute approximate surface area is 114 Å². The van der Waals surface area contributed by atoms with Crippen LogP contribution in [0.25, 0.3) is 0 Å². The summed E-state index contributed by atoms with van der Waals surface area (Å²) in [5.41, 5.74) is 1.19. The molecule has 1 unspecified atom stereocenters. The molecule has 1 saturated heterocycles. The van der Waals surface area contributed by atoms with Crippen molar-refractivity contribution >= 4 is 17.3 Å². The molecule has 0 aliphatic carbocycles. The Bertz CT molecular complexity index is 397. The number of ether oxygens (including phenoxy) is 1. The predicted octanol–water partition coefficient (Wildman–Crippen LogP) is 2.93. The van der Waals surface area contributed by atoms with Crippen LogP contribution in [0.5, 0.6) is 5.75 Å². The average Bonchev–Trinajstić information content (AvgIpc) is 2.34. The highest BCUT2D eigenvalue weighted by molar-refractivity contribution is 6.32. The zero-order chi connectivity index (χ0) is 13.0. The van der Waals surface area contributed by atoms with Gasteiger partial charge in [-0.1, -0.05) is 11.6 Å². The maximum Gasteiger partial charge on any atom is 0.137 e. The Morgan fingerprint density at radius 1 is 1.39 bits per heavy atom. The summed E-state index contributed by atoms with van der Waals surface area (Å²) in [6.07, 6.45) is 2.32. The molecule has 1 atom stereocenters. The minimum Gasteiger partial charge on any atom is -0.495 e. The van der Waals surface area contributed by atoms with E-state index < -0.39 is 0 Å². The summed E-state index contributed by atoms with van der Waals surface area (Å²) >= 11 is 6.19. The summed E-state index contributed by atoms with van der Waals surface area (Å²) in [4.78, 5) is 2.41. The molecule has 1 aliphatic rings. The van der Waals surface area contributed by atoms with Gasteiger partial charge in [0, 0.05) is 24.8 Å². The van der Waals surface area contributed by atoms with E-state index in [0.717, 1.165) is 38.2 Å². The first-order valence-corrected chi connectivity index (χ1v) is 6.90. The number of halogens is 1. The van der Waals surface area contributed by atoms with Gasteiger partial charge in [0.25, 0.3) is 0 Å². The topological polar surface area (TPSA) is 24.5 Å². The van der Waals surface area contributed by atoms with Gasteiger partial charge in [0.15, 0.2) is 0 Å². The Kier molecular flexibility index (Phi) is 4.72. The molecule has 0 amide bonds. The smallest absolute Gasteiger partial charge is 0.137 e. The minimum absolute atomic E-state index is 0.585. The normalized spacial score (nSPS) is 21.3. The molecular formula is C14H21ClN2O. The lowest BCUT2D eigenvalue weighted by atomic mass is 10.1. The first kappa shape index (κ1) is 13.5. The van der Waals surface area contributed by atoms with E-state index in [1.807, 2.05) is 12.1 Å². The molecule has 1 aromatic carbocycles. The van der Waals surface area contributed by atoms with E-state index in [2.05, 4.69) is 23.2 Å². The van der Waals surface area contributed by atoms with Crippen LogP contribution < -0.4 is 15.0 Å². The SMILES string of the molecule is COc1ccc(N2CCCNC(C)CC2)cc1Cl. The zero-order valence-corrected chi connectivity index (χ0v) is 11.8. The highest BCUT2D eigenvalue weighted by Crippen LogP contribution is 2.29. The number of hydrogen-bond donors (Lipinski definition) is 1. The first-order chi connectivity index (χ1) is 8.70. The molecule has 0 bridgehead atoms. The molecule has 3 nitrogen and oxygen atoms in total. The lowest BCUT2D eigenvalue weighted by Gasteiger charge is -2.29. The lowest BCUT2D eigenvalue weighted by molar-refractivity contribution is 0.415. The van der Waals surface area contributed by atoms with Crippen LogP contribution in [0.3, 0.4) is 0 Å². The molecule has 100 valence electrons. The molecule has 1 N–H and O–H groups in total. The Morgan fingerprint density at radius 3 is 2.94 bits per heavy atom. The summed E-state index contributed by atoms with van der Waals surface area (Å²) in [6.45, 7) is 5.46. The van der Waals surface area contributed by atoms with Crippen LogP contribution in [-0.2, 0) is 0 Å². The fourth-order valence-electron chi connectivity index (χ4n) is 2.29. The fourth-order valence-corrected chi connectivity index (χ4v) is 2.54. The molecule has 1 heterocycles. The molecule has 0 spiro atoms. The van der Waals surface area contributed by atoms with Crippen LogP contribution in [0.15, 0.2) is 18.2 Å². The van der Waals surface area contributed by atoms with Gasteiger partial charge in [-0.15, -0.1) is 0 Å². The van der Waals surface area contributed by atoms with Crippen molar-refractivity contribution in [1.82, 2.24) is 5.32 Å². The predicted molar refractivity (Wildman–Crippen MR) is 76.9 cm³/mol. The van der Waals surface area contributed by atoms with Crippen molar-refractivity contribution in [2.24, 2.45) is 0 Å². The molecule has 0 radical (unpaired) electrons. The third kappa shape index (κ3) is 3.30. The quantitative estimate of drug-likeness (QED) is 0.893. The average molecular weight is 269 g/mol. The molecule has 2 rings (SSSR count). The third-order valence-corrected chi connectivity index (χ3v) is 3.73. The van der Waals surface area contributed by atoms with Crippen molar-refractivity contribution in [2.75, 3.05) is 31.6 Å². The minimum atomic E-state index is 0.585. The van der Waals surface area contributed by atoms with E-state index in [1.54, 1.807) is 7.11 Å². The van der Waals surface area contributed by atoms with E-state index in [1.165, 1.54) is 5.69 Å². The monoisotopic (exact) mass is 268 g/mol. The van der Waals surface area contributed by atoms with Crippen LogP contribution in [0, 0.1) is 0 Å². The Balaban J connectivity index is 2.11. The summed E-state index contributed by atoms with van der Waals surface area (Å²) in [7, 11) is 1.64. The number of benzene rings is 1. The summed E-state index contributed by atoms with van der Waals surface area (Å²) in [6, 6.07) is 6.62. The van der Waals surface area contributed by atoms with Crippen LogP contribution in [0.2, 0.25) is 5.02 Å². The van der Waals surface area contributed by atoms with E-state index in [0.29, 0.717) is 11.1 Å². The van der Waals surface area contributed by atoms with Gasteiger partial charge in [0.2, 0.25) is 0 Å². The standard InChI is InChI=1S/C14H21ClN2O/c1-11-6-9-17(8-3-7-16-11)12-4-5-14(18-2)13(15)10-12/h4-5,10-11,16H,3,6-9H2,1-2H3. The summed E-state index contributed by atoms with van der Waals surface area (Å²) < 4.78 is 5.19. The summed E-state index contributed by atoms with van der Waals surface area (Å²) in [5.74, 6) is 0.738. The van der Waals surface area contributed by atoms with Crippen LogP contribution in [0.4, 0.5) is 5.69 Å². The van der Waals surface area contributed by atoms with Gasteiger partial charge in [-0.2, -0.15) is 0 Å². The third-order valence-electron chi connectivity index (χ3n) is 3.43. The van der Waals surface area contributed by atoms with Gasteiger partial charge >= 0.3 is 0 Å². The van der Waals surface area contributed by atoms with Gasteiger partial charge < -0.3 is 15.0 Å². The van der Waals surface area contributed by atoms with E-state index in [9.17, 15) is 0 Å². The van der Waals surface area contributed by atoms with Gasteiger partial charge in [0.05, 0.1) is 12.1 Å². The van der Waals surface area contributed by atoms with Gasteiger partial charge in [-0.05, 0) is 44.5 Å². The second-order valence-corrected chi connectivity index (χ2v) is 5.21. The maximum atomic E-state index is 6.19. The molecule has 1 aromatic rings. The van der Waals surface area contributed by atoms with Crippen LogP contribution >= 0.6 is 11.6 Å². The number of methoxy groups -OCH3 is 1. The van der Waals surface area contributed by atoms with E-state index in [4.69, 9.17) is 16.3 Å². The van der Waals surface area contributed by atoms with Crippen molar-refractivity contribution in [3.05, 3.63) is 23.2 Å². The lowest BCUT2D eigenvalue weighted by Crippen LogP contribution is -2.38. The van der Waals surface area contributed by atoms with Crippen molar-refractivity contribution < 1.29 is 4.74 Å². The number of anilines is 1. The highest BCUT2D eigenvalue weighted by Gasteiger charge is 2.13. The van der Waals surface area contributed by atoms with Crippen LogP contribution in [0.1, 0.15) is 19.8 Å². The van der Waals surface area contributed by atoms with Crippen LogP contribution in [-0.4, -0.2) is 32.8 Å². The number of rotatable bonds is 2. The van der Waals surface area contributed by atoms with Crippen molar-refractivity contribution in [3.63, 3.8) is 0 Å². The molecule has 0 saturated carbocycles.